The molecule has 2 aromatic carbocycles. The Morgan fingerprint density at radius 2 is 1.89 bits per heavy atom. The van der Waals surface area contributed by atoms with Gasteiger partial charge in [-0.05, 0) is 49.9 Å². The molecule has 0 aliphatic heterocycles. The van der Waals surface area contributed by atoms with Crippen molar-refractivity contribution >= 4 is 23.2 Å². The van der Waals surface area contributed by atoms with Crippen LogP contribution in [0.3, 0.4) is 0 Å². The maximum atomic E-state index is 12.5. The van der Waals surface area contributed by atoms with Gasteiger partial charge in [0, 0.05) is 11.6 Å². The Morgan fingerprint density at radius 1 is 1.22 bits per heavy atom. The Hall–Kier alpha value is -2.38. The molecule has 0 aliphatic carbocycles. The maximum absolute atomic E-state index is 12.5. The van der Waals surface area contributed by atoms with Gasteiger partial charge in [-0.15, -0.1) is 0 Å². The van der Waals surface area contributed by atoms with E-state index in [1.165, 1.54) is 19.2 Å². The number of anilines is 1. The molecule has 27 heavy (non-hydrogen) atoms. The number of nitrogens with zero attached hydrogens (tertiary/aromatic N) is 1. The first-order valence-corrected chi connectivity index (χ1v) is 8.56. The molecule has 0 bridgehead atoms. The molecule has 0 spiro atoms. The van der Waals surface area contributed by atoms with Gasteiger partial charge in [-0.3, -0.25) is 9.69 Å². The number of rotatable bonds is 8. The summed E-state index contributed by atoms with van der Waals surface area (Å²) in [6.45, 7) is -0.637. The van der Waals surface area contributed by atoms with Crippen molar-refractivity contribution in [3.63, 3.8) is 0 Å². The molecule has 0 fully saturated rings. The highest BCUT2D eigenvalue weighted by Gasteiger charge is 2.20. The number of alkyl halides is 2. The van der Waals surface area contributed by atoms with Gasteiger partial charge < -0.3 is 14.8 Å². The highest BCUT2D eigenvalue weighted by Crippen LogP contribution is 2.28. The Bertz CT molecular complexity index is 772. The van der Waals surface area contributed by atoms with Crippen molar-refractivity contribution < 1.29 is 23.0 Å². The Balaban J connectivity index is 1.99. The second-order valence-corrected chi connectivity index (χ2v) is 6.38. The number of amides is 1. The third-order valence-corrected chi connectivity index (χ3v) is 4.28. The molecule has 8 heteroatoms. The molecule has 1 atom stereocenters. The number of hydrogen-bond donors (Lipinski definition) is 1. The zero-order chi connectivity index (χ0) is 20.0. The second-order valence-electron chi connectivity index (χ2n) is 5.95. The van der Waals surface area contributed by atoms with Crippen molar-refractivity contribution in [2.24, 2.45) is 0 Å². The first-order valence-electron chi connectivity index (χ1n) is 8.18. The van der Waals surface area contributed by atoms with Crippen LogP contribution in [0.1, 0.15) is 12.5 Å². The van der Waals surface area contributed by atoms with Crippen LogP contribution in [0.15, 0.2) is 42.5 Å². The average molecular weight is 399 g/mol. The fourth-order valence-corrected chi connectivity index (χ4v) is 2.59. The Kier molecular flexibility index (Phi) is 7.38. The van der Waals surface area contributed by atoms with Crippen LogP contribution in [-0.2, 0) is 11.3 Å². The lowest BCUT2D eigenvalue weighted by Crippen LogP contribution is -2.39. The second kappa shape index (κ2) is 9.53. The maximum Gasteiger partial charge on any atom is 0.387 e. The minimum atomic E-state index is -2.86. The number of ether oxygens (including phenoxy) is 2. The predicted octanol–water partition coefficient (Wildman–Crippen LogP) is 4.41. The molecule has 0 aromatic heterocycles. The topological polar surface area (TPSA) is 50.8 Å². The van der Waals surface area contributed by atoms with E-state index in [0.717, 1.165) is 5.56 Å². The summed E-state index contributed by atoms with van der Waals surface area (Å²) in [7, 11) is 3.30. The smallest absolute Gasteiger partial charge is 0.387 e. The number of hydrogen-bond acceptors (Lipinski definition) is 4. The van der Waals surface area contributed by atoms with Gasteiger partial charge in [0.1, 0.15) is 11.5 Å². The third-order valence-electron chi connectivity index (χ3n) is 4.04. The van der Waals surface area contributed by atoms with Crippen molar-refractivity contribution in [1.29, 1.82) is 0 Å². The summed E-state index contributed by atoms with van der Waals surface area (Å²) in [5.41, 5.74) is 1.35. The lowest BCUT2D eigenvalue weighted by Gasteiger charge is -2.24. The summed E-state index contributed by atoms with van der Waals surface area (Å²) in [5.74, 6) is 0.378. The van der Waals surface area contributed by atoms with Crippen molar-refractivity contribution in [2.45, 2.75) is 26.1 Å². The monoisotopic (exact) mass is 398 g/mol. The van der Waals surface area contributed by atoms with Crippen LogP contribution in [0, 0.1) is 0 Å². The van der Waals surface area contributed by atoms with Gasteiger partial charge in [-0.25, -0.2) is 0 Å². The zero-order valence-electron chi connectivity index (χ0n) is 15.2. The van der Waals surface area contributed by atoms with Crippen LogP contribution in [-0.4, -0.2) is 37.6 Å². The molecule has 0 aliphatic rings. The Morgan fingerprint density at radius 3 is 2.48 bits per heavy atom. The molecule has 1 amide bonds. The van der Waals surface area contributed by atoms with E-state index in [2.05, 4.69) is 10.1 Å². The number of methoxy groups -OCH3 is 1. The van der Waals surface area contributed by atoms with Crippen molar-refractivity contribution in [2.75, 3.05) is 19.5 Å². The standard InChI is InChI=1S/C19H21ClF2N2O3/c1-12(18(25)23-16-10-14(20)6-9-17(16)26-3)24(2)11-13-4-7-15(8-5-13)27-19(21)22/h4-10,12,19H,11H2,1-3H3,(H,23,25). The van der Waals surface area contributed by atoms with Gasteiger partial charge in [0.25, 0.3) is 0 Å². The van der Waals surface area contributed by atoms with Gasteiger partial charge in [-0.2, -0.15) is 8.78 Å². The van der Waals surface area contributed by atoms with E-state index in [0.29, 0.717) is 23.0 Å². The number of benzene rings is 2. The summed E-state index contributed by atoms with van der Waals surface area (Å²) in [4.78, 5) is 14.4. The number of carbonyl (C=O) groups excluding carboxylic acids is 1. The highest BCUT2D eigenvalue weighted by molar-refractivity contribution is 6.31. The van der Waals surface area contributed by atoms with Crippen LogP contribution < -0.4 is 14.8 Å². The van der Waals surface area contributed by atoms with E-state index in [-0.39, 0.29) is 11.7 Å². The largest absolute Gasteiger partial charge is 0.495 e. The quantitative estimate of drug-likeness (QED) is 0.715. The molecule has 2 aromatic rings. The van der Waals surface area contributed by atoms with Crippen molar-refractivity contribution in [3.05, 3.63) is 53.1 Å². The molecular weight excluding hydrogens is 378 g/mol. The summed E-state index contributed by atoms with van der Waals surface area (Å²) in [5, 5.41) is 3.29. The van der Waals surface area contributed by atoms with E-state index in [1.807, 2.05) is 4.90 Å². The number of nitrogens with one attached hydrogen (secondary N) is 1. The molecule has 1 N–H and O–H groups in total. The first-order chi connectivity index (χ1) is 12.8. The zero-order valence-corrected chi connectivity index (χ0v) is 16.0. The summed E-state index contributed by atoms with van der Waals surface area (Å²) < 4.78 is 33.9. The number of carbonyl (C=O) groups is 1. The van der Waals surface area contributed by atoms with Gasteiger partial charge in [0.05, 0.1) is 18.8 Å². The van der Waals surface area contributed by atoms with E-state index in [9.17, 15) is 13.6 Å². The lowest BCUT2D eigenvalue weighted by atomic mass is 10.1. The summed E-state index contributed by atoms with van der Waals surface area (Å²) >= 11 is 5.98. The van der Waals surface area contributed by atoms with Crippen molar-refractivity contribution in [3.8, 4) is 11.5 Å². The third kappa shape index (κ3) is 6.08. The van der Waals surface area contributed by atoms with E-state index in [1.54, 1.807) is 44.3 Å². The normalized spacial score (nSPS) is 12.1. The molecule has 0 saturated carbocycles. The predicted molar refractivity (Wildman–Crippen MR) is 101 cm³/mol. The molecule has 0 saturated heterocycles. The van der Waals surface area contributed by atoms with Crippen LogP contribution in [0.5, 0.6) is 11.5 Å². The molecule has 2 rings (SSSR count). The minimum Gasteiger partial charge on any atom is -0.495 e. The number of likely N-dealkylation sites (N-methyl/N-ethyl adjacent to an activating group) is 1. The van der Waals surface area contributed by atoms with Gasteiger partial charge >= 0.3 is 6.61 Å². The first kappa shape index (κ1) is 20.9. The van der Waals surface area contributed by atoms with Gasteiger partial charge in [0.15, 0.2) is 0 Å². The van der Waals surface area contributed by atoms with Crippen LogP contribution in [0.4, 0.5) is 14.5 Å². The average Bonchev–Trinajstić information content (AvgIpc) is 2.62. The molecule has 5 nitrogen and oxygen atoms in total. The van der Waals surface area contributed by atoms with Gasteiger partial charge in [0.2, 0.25) is 5.91 Å². The van der Waals surface area contributed by atoms with E-state index in [4.69, 9.17) is 16.3 Å². The van der Waals surface area contributed by atoms with Crippen LogP contribution >= 0.6 is 11.6 Å². The minimum absolute atomic E-state index is 0.0928. The Labute approximate surface area is 161 Å². The molecule has 0 radical (unpaired) electrons. The van der Waals surface area contributed by atoms with E-state index < -0.39 is 12.7 Å². The lowest BCUT2D eigenvalue weighted by molar-refractivity contribution is -0.120. The van der Waals surface area contributed by atoms with Crippen LogP contribution in [0.2, 0.25) is 5.02 Å². The molecule has 1 unspecified atom stereocenters. The SMILES string of the molecule is COc1ccc(Cl)cc1NC(=O)C(C)N(C)Cc1ccc(OC(F)F)cc1. The number of halogens is 3. The van der Waals surface area contributed by atoms with Crippen LogP contribution in [0.25, 0.3) is 0 Å². The fraction of sp³-hybridized carbons (Fsp3) is 0.316. The highest BCUT2D eigenvalue weighted by atomic mass is 35.5. The van der Waals surface area contributed by atoms with Gasteiger partial charge in [-0.1, -0.05) is 23.7 Å². The molecule has 0 heterocycles. The summed E-state index contributed by atoms with van der Waals surface area (Å²) in [6.07, 6.45) is 0. The van der Waals surface area contributed by atoms with Crippen molar-refractivity contribution in [1.82, 2.24) is 4.90 Å². The fourth-order valence-electron chi connectivity index (χ4n) is 2.42. The summed E-state index contributed by atoms with van der Waals surface area (Å²) in [6, 6.07) is 10.8. The molecular formula is C19H21ClF2N2O3. The van der Waals surface area contributed by atoms with E-state index >= 15 is 0 Å². The molecule has 146 valence electrons.